The van der Waals surface area contributed by atoms with E-state index in [0.29, 0.717) is 28.2 Å². The van der Waals surface area contributed by atoms with E-state index in [-0.39, 0.29) is 0 Å². The third kappa shape index (κ3) is 1.59. The molecule has 0 atom stereocenters. The zero-order valence-corrected chi connectivity index (χ0v) is 8.68. The van der Waals surface area contributed by atoms with Crippen LogP contribution >= 0.6 is 0 Å². The van der Waals surface area contributed by atoms with E-state index in [2.05, 4.69) is 19.9 Å². The van der Waals surface area contributed by atoms with Crippen molar-refractivity contribution in [3.05, 3.63) is 36.5 Å². The minimum Gasteiger partial charge on any atom is -0.384 e. The van der Waals surface area contributed by atoms with Crippen LogP contribution in [0.3, 0.4) is 0 Å². The number of aromatic amines is 1. The van der Waals surface area contributed by atoms with Gasteiger partial charge in [-0.25, -0.2) is 19.3 Å². The van der Waals surface area contributed by atoms with Crippen LogP contribution in [-0.4, -0.2) is 19.9 Å². The number of anilines is 1. The van der Waals surface area contributed by atoms with Crippen molar-refractivity contribution in [1.29, 1.82) is 0 Å². The molecule has 0 bridgehead atoms. The molecule has 17 heavy (non-hydrogen) atoms. The van der Waals surface area contributed by atoms with E-state index in [9.17, 15) is 4.39 Å². The number of H-pyrrole nitrogens is 1. The second-order valence-electron chi connectivity index (χ2n) is 3.56. The lowest BCUT2D eigenvalue weighted by Crippen LogP contribution is -1.93. The molecular formula is C11H8FN5. The molecule has 0 aliphatic rings. The quantitative estimate of drug-likeness (QED) is 0.666. The number of nitrogens with two attached hydrogens (primary N) is 1. The van der Waals surface area contributed by atoms with Gasteiger partial charge in [-0.1, -0.05) is 0 Å². The van der Waals surface area contributed by atoms with Crippen molar-refractivity contribution in [3.63, 3.8) is 0 Å². The maximum absolute atomic E-state index is 13.1. The minimum absolute atomic E-state index is 0.369. The second kappa shape index (κ2) is 3.51. The molecule has 3 rings (SSSR count). The Morgan fingerprint density at radius 3 is 3.00 bits per heavy atom. The van der Waals surface area contributed by atoms with Crippen molar-refractivity contribution in [2.75, 3.05) is 5.73 Å². The highest BCUT2D eigenvalue weighted by Crippen LogP contribution is 2.25. The van der Waals surface area contributed by atoms with Gasteiger partial charge in [0, 0.05) is 23.3 Å². The molecule has 0 saturated heterocycles. The van der Waals surface area contributed by atoms with Gasteiger partial charge in [0.05, 0.1) is 6.20 Å². The first-order valence-corrected chi connectivity index (χ1v) is 4.95. The summed E-state index contributed by atoms with van der Waals surface area (Å²) in [5.41, 5.74) is 6.86. The van der Waals surface area contributed by atoms with Crippen LogP contribution in [0, 0.1) is 5.82 Å². The van der Waals surface area contributed by atoms with Crippen molar-refractivity contribution < 1.29 is 4.39 Å². The fourth-order valence-corrected chi connectivity index (χ4v) is 1.67. The van der Waals surface area contributed by atoms with Crippen LogP contribution in [0.1, 0.15) is 0 Å². The molecule has 3 aromatic heterocycles. The summed E-state index contributed by atoms with van der Waals surface area (Å²) in [6, 6.07) is 2.98. The summed E-state index contributed by atoms with van der Waals surface area (Å²) in [5.74, 6) is 0.416. The number of nitrogens with one attached hydrogen (secondary N) is 1. The standard InChI is InChI=1S/C11H8FN5/c12-6-3-7-8(5-16-10(7)15-4-6)11-14-2-1-9(13)17-11/h1-5H,(H,15,16)(H2,13,14,17). The predicted octanol–water partition coefficient (Wildman–Crippen LogP) is 1.74. The average Bonchev–Trinajstić information content (AvgIpc) is 2.71. The van der Waals surface area contributed by atoms with Crippen molar-refractivity contribution in [2.24, 2.45) is 0 Å². The molecule has 6 heteroatoms. The van der Waals surface area contributed by atoms with Crippen LogP contribution in [-0.2, 0) is 0 Å². The SMILES string of the molecule is Nc1ccnc(-c2c[nH]c3ncc(F)cc23)n1. The number of hydrogen-bond acceptors (Lipinski definition) is 4. The molecule has 0 aromatic carbocycles. The van der Waals surface area contributed by atoms with Crippen molar-refractivity contribution in [2.45, 2.75) is 0 Å². The van der Waals surface area contributed by atoms with Crippen LogP contribution in [0.4, 0.5) is 10.2 Å². The summed E-state index contributed by atoms with van der Waals surface area (Å²) in [5, 5.41) is 0.635. The summed E-state index contributed by atoms with van der Waals surface area (Å²) >= 11 is 0. The zero-order chi connectivity index (χ0) is 11.8. The van der Waals surface area contributed by atoms with E-state index >= 15 is 0 Å². The van der Waals surface area contributed by atoms with Gasteiger partial charge in [-0.3, -0.25) is 0 Å². The van der Waals surface area contributed by atoms with Crippen molar-refractivity contribution >= 4 is 16.9 Å². The van der Waals surface area contributed by atoms with Crippen LogP contribution in [0.25, 0.3) is 22.4 Å². The van der Waals surface area contributed by atoms with Crippen LogP contribution in [0.15, 0.2) is 30.7 Å². The smallest absolute Gasteiger partial charge is 0.163 e. The highest BCUT2D eigenvalue weighted by molar-refractivity contribution is 5.91. The van der Waals surface area contributed by atoms with Gasteiger partial charge in [0.1, 0.15) is 17.3 Å². The fourth-order valence-electron chi connectivity index (χ4n) is 1.67. The predicted molar refractivity (Wildman–Crippen MR) is 61.5 cm³/mol. The van der Waals surface area contributed by atoms with Gasteiger partial charge in [-0.05, 0) is 12.1 Å². The number of fused-ring (bicyclic) bond motifs is 1. The van der Waals surface area contributed by atoms with E-state index in [1.165, 1.54) is 6.07 Å². The first-order chi connectivity index (χ1) is 8.24. The largest absolute Gasteiger partial charge is 0.384 e. The molecule has 0 radical (unpaired) electrons. The van der Waals surface area contributed by atoms with E-state index < -0.39 is 5.82 Å². The number of rotatable bonds is 1. The normalized spacial score (nSPS) is 10.9. The maximum Gasteiger partial charge on any atom is 0.163 e. The lowest BCUT2D eigenvalue weighted by molar-refractivity contribution is 0.624. The van der Waals surface area contributed by atoms with Gasteiger partial charge in [0.15, 0.2) is 5.82 Å². The summed E-state index contributed by atoms with van der Waals surface area (Å²) in [4.78, 5) is 15.1. The van der Waals surface area contributed by atoms with Crippen molar-refractivity contribution in [3.8, 4) is 11.4 Å². The molecule has 0 spiro atoms. The average molecular weight is 229 g/mol. The summed E-state index contributed by atoms with van der Waals surface area (Å²) < 4.78 is 13.1. The number of nitrogens with zero attached hydrogens (tertiary/aromatic N) is 3. The number of hydrogen-bond donors (Lipinski definition) is 2. The minimum atomic E-state index is -0.401. The van der Waals surface area contributed by atoms with Crippen LogP contribution in [0.2, 0.25) is 0 Å². The van der Waals surface area contributed by atoms with Gasteiger partial charge in [0.2, 0.25) is 0 Å². The zero-order valence-electron chi connectivity index (χ0n) is 8.68. The summed E-state index contributed by atoms with van der Waals surface area (Å²) in [7, 11) is 0. The molecule has 3 aromatic rings. The van der Waals surface area contributed by atoms with Gasteiger partial charge >= 0.3 is 0 Å². The number of aromatic nitrogens is 4. The van der Waals surface area contributed by atoms with E-state index in [1.54, 1.807) is 18.5 Å². The molecule has 0 aliphatic heterocycles. The Morgan fingerprint density at radius 1 is 1.29 bits per heavy atom. The Balaban J connectivity index is 2.27. The molecule has 0 fully saturated rings. The van der Waals surface area contributed by atoms with Gasteiger partial charge < -0.3 is 10.7 Å². The molecule has 3 N–H and O–H groups in total. The summed E-state index contributed by atoms with van der Waals surface area (Å²) in [6.07, 6.45) is 4.40. The highest BCUT2D eigenvalue weighted by atomic mass is 19.1. The van der Waals surface area contributed by atoms with Crippen LogP contribution in [0.5, 0.6) is 0 Å². The Hall–Kier alpha value is -2.50. The molecule has 3 heterocycles. The molecule has 84 valence electrons. The van der Waals surface area contributed by atoms with Gasteiger partial charge in [-0.15, -0.1) is 0 Å². The van der Waals surface area contributed by atoms with E-state index in [4.69, 9.17) is 5.73 Å². The number of halogens is 1. The molecule has 0 aliphatic carbocycles. The Labute approximate surface area is 95.5 Å². The molecular weight excluding hydrogens is 221 g/mol. The third-order valence-corrected chi connectivity index (χ3v) is 2.42. The Kier molecular flexibility index (Phi) is 2.01. The molecule has 0 amide bonds. The lowest BCUT2D eigenvalue weighted by atomic mass is 10.2. The molecule has 0 saturated carbocycles. The fraction of sp³-hybridized carbons (Fsp3) is 0. The molecule has 5 nitrogen and oxygen atoms in total. The highest BCUT2D eigenvalue weighted by Gasteiger charge is 2.10. The Bertz CT molecular complexity index is 691. The number of pyridine rings is 1. The van der Waals surface area contributed by atoms with Gasteiger partial charge in [0.25, 0.3) is 0 Å². The molecule has 0 unspecified atom stereocenters. The first kappa shape index (κ1) is 9.71. The maximum atomic E-state index is 13.1. The van der Waals surface area contributed by atoms with E-state index in [1.807, 2.05) is 0 Å². The lowest BCUT2D eigenvalue weighted by Gasteiger charge is -1.98. The van der Waals surface area contributed by atoms with Gasteiger partial charge in [-0.2, -0.15) is 0 Å². The first-order valence-electron chi connectivity index (χ1n) is 4.95. The second-order valence-corrected chi connectivity index (χ2v) is 3.56. The monoisotopic (exact) mass is 229 g/mol. The Morgan fingerprint density at radius 2 is 2.18 bits per heavy atom. The third-order valence-electron chi connectivity index (χ3n) is 2.42. The summed E-state index contributed by atoms with van der Waals surface area (Å²) in [6.45, 7) is 0. The van der Waals surface area contributed by atoms with Crippen LogP contribution < -0.4 is 5.73 Å². The number of nitrogen functional groups attached to an aromatic ring is 1. The van der Waals surface area contributed by atoms with Crippen molar-refractivity contribution in [1.82, 2.24) is 19.9 Å². The topological polar surface area (TPSA) is 80.5 Å². The van der Waals surface area contributed by atoms with E-state index in [0.717, 1.165) is 6.20 Å².